The molecule has 2 atom stereocenters. The highest BCUT2D eigenvalue weighted by atomic mass is 35.5. The average Bonchev–Trinajstić information content (AvgIpc) is 3.29. The van der Waals surface area contributed by atoms with Gasteiger partial charge in [0.25, 0.3) is 10.0 Å². The lowest BCUT2D eigenvalue weighted by Crippen LogP contribution is -2.32. The molecule has 0 bridgehead atoms. The standard InChI is InChI=1S/C14H12ClN3O3S/c15-12-4-2-1-3-9(12)10-7-11(10)14(19)18-22(20,21)13-8-16-5-6-17-13/h1-6,8,10-11H,7H2,(H,18,19)/t10-,11+/m0/s1. The molecule has 114 valence electrons. The average molecular weight is 338 g/mol. The number of sulfonamides is 1. The number of nitrogens with zero attached hydrogens (tertiary/aromatic N) is 2. The van der Waals surface area contributed by atoms with Gasteiger partial charge in [0.15, 0.2) is 5.03 Å². The molecule has 6 nitrogen and oxygen atoms in total. The van der Waals surface area contributed by atoms with E-state index < -0.39 is 21.8 Å². The van der Waals surface area contributed by atoms with Crippen molar-refractivity contribution in [3.8, 4) is 0 Å². The Labute approximate surface area is 132 Å². The third-order valence-corrected chi connectivity index (χ3v) is 5.06. The second kappa shape index (κ2) is 5.66. The minimum absolute atomic E-state index is 0.0502. The first-order valence-electron chi connectivity index (χ1n) is 6.56. The van der Waals surface area contributed by atoms with Crippen molar-refractivity contribution in [1.29, 1.82) is 0 Å². The van der Waals surface area contributed by atoms with Crippen LogP contribution in [0.1, 0.15) is 17.9 Å². The summed E-state index contributed by atoms with van der Waals surface area (Å²) in [6.07, 6.45) is 4.28. The number of benzene rings is 1. The molecule has 0 unspecified atom stereocenters. The van der Waals surface area contributed by atoms with Crippen LogP contribution in [0.25, 0.3) is 0 Å². The summed E-state index contributed by atoms with van der Waals surface area (Å²) in [6.45, 7) is 0. The van der Waals surface area contributed by atoms with Crippen LogP contribution in [0.2, 0.25) is 5.02 Å². The molecule has 3 rings (SSSR count). The lowest BCUT2D eigenvalue weighted by Gasteiger charge is -2.06. The van der Waals surface area contributed by atoms with Crippen LogP contribution >= 0.6 is 11.6 Å². The zero-order valence-corrected chi connectivity index (χ0v) is 12.9. The third kappa shape index (κ3) is 2.95. The molecule has 8 heteroatoms. The first-order chi connectivity index (χ1) is 10.5. The quantitative estimate of drug-likeness (QED) is 0.917. The topological polar surface area (TPSA) is 89.0 Å². The number of hydrogen-bond acceptors (Lipinski definition) is 5. The van der Waals surface area contributed by atoms with Crippen LogP contribution in [0, 0.1) is 5.92 Å². The maximum Gasteiger partial charge on any atom is 0.283 e. The summed E-state index contributed by atoms with van der Waals surface area (Å²) in [5.74, 6) is -0.993. The van der Waals surface area contributed by atoms with Gasteiger partial charge < -0.3 is 0 Å². The summed E-state index contributed by atoms with van der Waals surface area (Å²) in [4.78, 5) is 19.5. The second-order valence-electron chi connectivity index (χ2n) is 4.98. The van der Waals surface area contributed by atoms with Gasteiger partial charge in [-0.15, -0.1) is 0 Å². The number of amides is 1. The van der Waals surface area contributed by atoms with E-state index in [2.05, 4.69) is 9.97 Å². The van der Waals surface area contributed by atoms with E-state index in [9.17, 15) is 13.2 Å². The highest BCUT2D eigenvalue weighted by molar-refractivity contribution is 7.90. The van der Waals surface area contributed by atoms with Crippen molar-refractivity contribution in [3.05, 3.63) is 53.4 Å². The molecule has 1 fully saturated rings. The van der Waals surface area contributed by atoms with E-state index in [0.29, 0.717) is 11.4 Å². The molecule has 1 aromatic carbocycles. The van der Waals surface area contributed by atoms with Crippen molar-refractivity contribution in [1.82, 2.24) is 14.7 Å². The molecule has 1 aromatic heterocycles. The van der Waals surface area contributed by atoms with Crippen LogP contribution in [0.5, 0.6) is 0 Å². The predicted molar refractivity (Wildman–Crippen MR) is 79.7 cm³/mol. The number of carbonyl (C=O) groups is 1. The molecule has 1 saturated carbocycles. The molecule has 0 radical (unpaired) electrons. The van der Waals surface area contributed by atoms with Gasteiger partial charge >= 0.3 is 0 Å². The summed E-state index contributed by atoms with van der Waals surface area (Å²) in [5.41, 5.74) is 0.862. The molecule has 1 N–H and O–H groups in total. The third-order valence-electron chi connectivity index (χ3n) is 3.48. The van der Waals surface area contributed by atoms with Gasteiger partial charge in [-0.25, -0.2) is 9.71 Å². The molecule has 2 aromatic rings. The van der Waals surface area contributed by atoms with Crippen LogP contribution in [0.15, 0.2) is 47.9 Å². The number of carbonyl (C=O) groups excluding carboxylic acids is 1. The summed E-state index contributed by atoms with van der Waals surface area (Å²) in [7, 11) is -3.99. The van der Waals surface area contributed by atoms with E-state index in [-0.39, 0.29) is 10.9 Å². The van der Waals surface area contributed by atoms with Crippen LogP contribution in [-0.2, 0) is 14.8 Å². The number of rotatable bonds is 4. The minimum Gasteiger partial charge on any atom is -0.274 e. The lowest BCUT2D eigenvalue weighted by molar-refractivity contribution is -0.120. The van der Waals surface area contributed by atoms with Gasteiger partial charge in [0.05, 0.1) is 6.20 Å². The summed E-state index contributed by atoms with van der Waals surface area (Å²) in [5, 5.41) is 0.304. The van der Waals surface area contributed by atoms with Crippen molar-refractivity contribution < 1.29 is 13.2 Å². The van der Waals surface area contributed by atoms with E-state index in [1.807, 2.05) is 22.9 Å². The fraction of sp³-hybridized carbons (Fsp3) is 0.214. The number of hydrogen-bond donors (Lipinski definition) is 1. The Bertz CT molecular complexity index is 811. The highest BCUT2D eigenvalue weighted by Crippen LogP contribution is 2.49. The van der Waals surface area contributed by atoms with E-state index >= 15 is 0 Å². The van der Waals surface area contributed by atoms with E-state index in [0.717, 1.165) is 11.8 Å². The highest BCUT2D eigenvalue weighted by Gasteiger charge is 2.46. The molecular weight excluding hydrogens is 326 g/mol. The van der Waals surface area contributed by atoms with Gasteiger partial charge in [0.1, 0.15) is 0 Å². The van der Waals surface area contributed by atoms with E-state index in [4.69, 9.17) is 11.6 Å². The molecule has 1 aliphatic carbocycles. The zero-order valence-electron chi connectivity index (χ0n) is 11.3. The Balaban J connectivity index is 1.71. The first kappa shape index (κ1) is 14.9. The van der Waals surface area contributed by atoms with Crippen LogP contribution in [-0.4, -0.2) is 24.3 Å². The smallest absolute Gasteiger partial charge is 0.274 e. The van der Waals surface area contributed by atoms with Crippen molar-refractivity contribution in [3.63, 3.8) is 0 Å². The molecule has 1 amide bonds. The summed E-state index contributed by atoms with van der Waals surface area (Å²) < 4.78 is 26.1. The molecule has 22 heavy (non-hydrogen) atoms. The Morgan fingerprint density at radius 2 is 2.05 bits per heavy atom. The van der Waals surface area contributed by atoms with Gasteiger partial charge in [-0.3, -0.25) is 9.78 Å². The normalized spacial score (nSPS) is 20.4. The maximum atomic E-state index is 12.1. The zero-order chi connectivity index (χ0) is 15.7. The fourth-order valence-corrected chi connectivity index (χ4v) is 3.48. The number of nitrogens with one attached hydrogen (secondary N) is 1. The molecule has 0 aliphatic heterocycles. The Hall–Kier alpha value is -1.99. The van der Waals surface area contributed by atoms with Gasteiger partial charge in [0, 0.05) is 23.3 Å². The summed E-state index contributed by atoms with van der Waals surface area (Å²) >= 11 is 6.09. The molecular formula is C14H12ClN3O3S. The Kier molecular flexibility index (Phi) is 3.84. The van der Waals surface area contributed by atoms with Gasteiger partial charge in [-0.2, -0.15) is 8.42 Å². The largest absolute Gasteiger partial charge is 0.283 e. The summed E-state index contributed by atoms with van der Waals surface area (Å²) in [6, 6.07) is 7.24. The van der Waals surface area contributed by atoms with Gasteiger partial charge in [-0.1, -0.05) is 29.8 Å². The van der Waals surface area contributed by atoms with Crippen molar-refractivity contribution in [2.75, 3.05) is 0 Å². The van der Waals surface area contributed by atoms with Crippen LogP contribution in [0.4, 0.5) is 0 Å². The molecule has 0 spiro atoms. The van der Waals surface area contributed by atoms with Crippen molar-refractivity contribution in [2.24, 2.45) is 5.92 Å². The predicted octanol–water partition coefficient (Wildman–Crippen LogP) is 1.74. The lowest BCUT2D eigenvalue weighted by atomic mass is 10.1. The van der Waals surface area contributed by atoms with Gasteiger partial charge in [-0.05, 0) is 24.0 Å². The molecule has 1 aliphatic rings. The molecule has 0 saturated heterocycles. The molecule has 1 heterocycles. The van der Waals surface area contributed by atoms with E-state index in [1.165, 1.54) is 12.4 Å². The van der Waals surface area contributed by atoms with Crippen LogP contribution in [0.3, 0.4) is 0 Å². The van der Waals surface area contributed by atoms with Gasteiger partial charge in [0.2, 0.25) is 5.91 Å². The van der Waals surface area contributed by atoms with Crippen molar-refractivity contribution >= 4 is 27.5 Å². The fourth-order valence-electron chi connectivity index (χ4n) is 2.29. The Morgan fingerprint density at radius 3 is 2.73 bits per heavy atom. The van der Waals surface area contributed by atoms with Crippen LogP contribution < -0.4 is 4.72 Å². The SMILES string of the molecule is O=C(NS(=O)(=O)c1cnccn1)[C@@H]1C[C@H]1c1ccccc1Cl. The first-order valence-corrected chi connectivity index (χ1v) is 8.42. The monoisotopic (exact) mass is 337 g/mol. The number of halogens is 1. The van der Waals surface area contributed by atoms with E-state index in [1.54, 1.807) is 6.07 Å². The van der Waals surface area contributed by atoms with Crippen molar-refractivity contribution in [2.45, 2.75) is 17.4 Å². The number of aromatic nitrogens is 2. The Morgan fingerprint density at radius 1 is 1.27 bits per heavy atom. The maximum absolute atomic E-state index is 12.1. The minimum atomic E-state index is -3.99. The second-order valence-corrected chi connectivity index (χ2v) is 7.02.